The van der Waals surface area contributed by atoms with Crippen LogP contribution in [-0.2, 0) is 15.6 Å². The Morgan fingerprint density at radius 3 is 1.39 bits per heavy atom. The number of halogens is 5. The van der Waals surface area contributed by atoms with Gasteiger partial charge in [-0.05, 0) is 0 Å². The summed E-state index contributed by atoms with van der Waals surface area (Å²) in [5.41, 5.74) is 14.4. The predicted octanol–water partition coefficient (Wildman–Crippen LogP) is 16.5. The Hall–Kier alpha value is -2.17. The zero-order chi connectivity index (χ0) is 40.0. The normalized spacial score (nSPS) is 21.6. The molecule has 0 amide bonds. The van der Waals surface area contributed by atoms with Crippen LogP contribution in [0, 0.1) is 25.7 Å². The van der Waals surface area contributed by atoms with Crippen LogP contribution in [0.25, 0.3) is 34.4 Å². The summed E-state index contributed by atoms with van der Waals surface area (Å²) >= 11 is -5.63. The van der Waals surface area contributed by atoms with E-state index in [1.165, 1.54) is 109 Å². The average molecular weight is 906 g/mol. The van der Waals surface area contributed by atoms with Crippen LogP contribution in [0.4, 0.5) is 13.2 Å². The average Bonchev–Trinajstić information content (AvgIpc) is 3.77. The van der Waals surface area contributed by atoms with Crippen molar-refractivity contribution in [2.75, 3.05) is 0 Å². The van der Waals surface area contributed by atoms with Crippen LogP contribution in [0.2, 0.25) is 12.6 Å². The fraction of sp³-hybridized carbons (Fsp3) is 0.440. The number of hydrogen-bond acceptors (Lipinski definition) is 0. The second-order valence-corrected chi connectivity index (χ2v) is 59.7. The Bertz CT molecular complexity index is 2000. The number of allylic oxidation sites excluding steroid dienone is 2. The van der Waals surface area contributed by atoms with Crippen molar-refractivity contribution in [3.8, 4) is 22.3 Å². The third kappa shape index (κ3) is 8.32. The molecule has 4 aromatic carbocycles. The molecule has 301 valence electrons. The van der Waals surface area contributed by atoms with Gasteiger partial charge in [0.2, 0.25) is 0 Å². The third-order valence-corrected chi connectivity index (χ3v) is 64.6. The van der Waals surface area contributed by atoms with Crippen molar-refractivity contribution in [1.29, 1.82) is 0 Å². The molecule has 4 aliphatic carbocycles. The molecule has 57 heavy (non-hydrogen) atoms. The molecule has 3 unspecified atom stereocenters. The van der Waals surface area contributed by atoms with E-state index in [0.29, 0.717) is 11.8 Å². The molecular formula is C50H58Cl2F3SiZr. The molecule has 0 nitrogen and oxygen atoms in total. The summed E-state index contributed by atoms with van der Waals surface area (Å²) < 4.78 is 42.8. The Morgan fingerprint density at radius 1 is 0.596 bits per heavy atom. The number of fused-ring (bicyclic) bond motifs is 2. The fourth-order valence-electron chi connectivity index (χ4n) is 11.4. The maximum atomic E-state index is 14.4. The molecular weight excluding hydrogens is 848 g/mol. The van der Waals surface area contributed by atoms with E-state index in [2.05, 4.69) is 117 Å². The van der Waals surface area contributed by atoms with Gasteiger partial charge in [-0.1, -0.05) is 0 Å². The Balaban J connectivity index is 1.36. The molecule has 4 aliphatic rings. The van der Waals surface area contributed by atoms with Gasteiger partial charge in [-0.15, -0.1) is 0 Å². The summed E-state index contributed by atoms with van der Waals surface area (Å²) in [6, 6.07) is 30.8. The van der Waals surface area contributed by atoms with Gasteiger partial charge < -0.3 is 0 Å². The number of rotatable bonds is 11. The van der Waals surface area contributed by atoms with Crippen molar-refractivity contribution in [2.24, 2.45) is 11.8 Å². The molecule has 2 saturated carbocycles. The topological polar surface area (TPSA) is 0 Å². The van der Waals surface area contributed by atoms with Crippen molar-refractivity contribution in [1.82, 2.24) is 0 Å². The first-order valence-electron chi connectivity index (χ1n) is 21.7. The van der Waals surface area contributed by atoms with Crippen molar-refractivity contribution < 1.29 is 28.7 Å². The molecule has 0 heterocycles. The van der Waals surface area contributed by atoms with Crippen LogP contribution in [0.15, 0.2) is 96.1 Å². The summed E-state index contributed by atoms with van der Waals surface area (Å²) in [5.74, 6) is -1.45. The molecule has 3 atom stereocenters. The molecule has 7 heteroatoms. The zero-order valence-corrected chi connectivity index (χ0v) is 39.0. The third-order valence-electron chi connectivity index (χ3n) is 14.4. The van der Waals surface area contributed by atoms with Crippen molar-refractivity contribution in [3.05, 3.63) is 129 Å². The molecule has 0 saturated heterocycles. The summed E-state index contributed by atoms with van der Waals surface area (Å²) in [6.45, 7) is 6.37. The molecule has 2 fully saturated rings. The molecule has 0 radical (unpaired) electrons. The van der Waals surface area contributed by atoms with E-state index in [-0.39, 0.29) is 13.3 Å². The van der Waals surface area contributed by atoms with Gasteiger partial charge in [0.25, 0.3) is 0 Å². The number of aryl methyl sites for hydroxylation is 2. The fourth-order valence-corrected chi connectivity index (χ4v) is 51.4. The molecule has 4 aromatic rings. The van der Waals surface area contributed by atoms with Crippen LogP contribution in [0.1, 0.15) is 124 Å². The zero-order valence-electron chi connectivity index (χ0n) is 33.9. The van der Waals surface area contributed by atoms with Gasteiger partial charge in [0.15, 0.2) is 0 Å². The molecule has 0 bridgehead atoms. The van der Waals surface area contributed by atoms with Gasteiger partial charge in [0.05, 0.1) is 0 Å². The minimum absolute atomic E-state index is 0.0716. The Morgan fingerprint density at radius 2 is 1.00 bits per heavy atom. The van der Waals surface area contributed by atoms with Crippen molar-refractivity contribution in [3.63, 3.8) is 0 Å². The predicted molar refractivity (Wildman–Crippen MR) is 237 cm³/mol. The van der Waals surface area contributed by atoms with Crippen molar-refractivity contribution in [2.45, 2.75) is 123 Å². The summed E-state index contributed by atoms with van der Waals surface area (Å²) in [4.78, 5) is 0. The van der Waals surface area contributed by atoms with Crippen LogP contribution in [0.3, 0.4) is 0 Å². The summed E-state index contributed by atoms with van der Waals surface area (Å²) in [7, 11) is 18.0. The first-order chi connectivity index (χ1) is 27.3. The van der Waals surface area contributed by atoms with E-state index >= 15 is 0 Å². The van der Waals surface area contributed by atoms with Gasteiger partial charge >= 0.3 is 351 Å². The Labute approximate surface area is 348 Å². The number of hydrogen-bond donors (Lipinski definition) is 0. The van der Waals surface area contributed by atoms with Gasteiger partial charge in [0.1, 0.15) is 0 Å². The van der Waals surface area contributed by atoms with Gasteiger partial charge in [-0.2, -0.15) is 0 Å². The molecule has 0 spiro atoms. The van der Waals surface area contributed by atoms with E-state index in [9.17, 15) is 13.2 Å². The maximum absolute atomic E-state index is 14.4. The van der Waals surface area contributed by atoms with E-state index in [1.54, 1.807) is 0 Å². The van der Waals surface area contributed by atoms with Crippen LogP contribution in [0.5, 0.6) is 0 Å². The first kappa shape index (κ1) is 41.6. The standard InChI is InChI=1S/2C23H25.C4H8F3Si.2ClH.Zr/c2*1-17-10-12-20(13-11-17)22-9-5-8-21-15-19(16-23(21)22)14-18-6-3-2-4-7-18;1-8-3-2-4(5,6)7;;;/h2*5,8-13,15-16,18H,2-4,6-7,14H2,1H3;8H,2-3H2,1H3;2*1H;/q;;;;;+2/p-2. The van der Waals surface area contributed by atoms with E-state index in [4.69, 9.17) is 17.0 Å². The number of benzene rings is 4. The summed E-state index contributed by atoms with van der Waals surface area (Å²) in [6.07, 6.45) is 13.8. The van der Waals surface area contributed by atoms with Crippen molar-refractivity contribution >= 4 is 35.1 Å². The van der Waals surface area contributed by atoms with Crippen LogP contribution >= 0.6 is 17.0 Å². The molecule has 0 aliphatic heterocycles. The molecule has 0 N–H and O–H groups in total. The SMILES string of the molecule is Cc1ccc(-c2cccc3c2C=C(CC2CCCCC2)[CH]3[Zr]([Cl])([Cl])([CH]2C(CC3CCCCC3)=Cc3c(-c4ccc(C)cc4)cccc32)[SiH](C)CCC(F)(F)F)cc1. The second kappa shape index (κ2) is 16.7. The quantitative estimate of drug-likeness (QED) is 0.132. The minimum atomic E-state index is -5.63. The van der Waals surface area contributed by atoms with Gasteiger partial charge in [0, 0.05) is 0 Å². The monoisotopic (exact) mass is 903 g/mol. The van der Waals surface area contributed by atoms with E-state index in [0.717, 1.165) is 35.1 Å². The molecule has 0 aromatic heterocycles. The molecule has 8 rings (SSSR count). The van der Waals surface area contributed by atoms with E-state index < -0.39 is 34.1 Å². The summed E-state index contributed by atoms with van der Waals surface area (Å²) in [5, 5.41) is 0. The van der Waals surface area contributed by atoms with Gasteiger partial charge in [-0.25, -0.2) is 0 Å². The van der Waals surface area contributed by atoms with E-state index in [1.807, 2.05) is 0 Å². The van der Waals surface area contributed by atoms with Crippen LogP contribution < -0.4 is 0 Å². The first-order valence-corrected chi connectivity index (χ1v) is 37.7. The second-order valence-electron chi connectivity index (χ2n) is 18.4. The van der Waals surface area contributed by atoms with Crippen LogP contribution in [-0.4, -0.2) is 12.1 Å². The number of alkyl halides is 3. The Kier molecular flexibility index (Phi) is 12.2. The van der Waals surface area contributed by atoms with Gasteiger partial charge in [-0.3, -0.25) is 0 Å².